The van der Waals surface area contributed by atoms with E-state index < -0.39 is 23.2 Å². The summed E-state index contributed by atoms with van der Waals surface area (Å²) in [6, 6.07) is 2.12. The quantitative estimate of drug-likeness (QED) is 0.158. The SMILES string of the molecule is C=C(C)C(=O)OCCCCCCCCCCCCOC(=O)c1cc(O)c(O)c(O)c1. The van der Waals surface area contributed by atoms with E-state index in [-0.39, 0.29) is 18.1 Å². The zero-order valence-electron chi connectivity index (χ0n) is 17.8. The van der Waals surface area contributed by atoms with Crippen LogP contribution in [-0.4, -0.2) is 40.5 Å². The van der Waals surface area contributed by atoms with E-state index in [1.165, 1.54) is 19.3 Å². The van der Waals surface area contributed by atoms with E-state index in [0.29, 0.717) is 12.2 Å². The fraction of sp³-hybridized carbons (Fsp3) is 0.565. The molecule has 1 aromatic rings. The molecule has 0 saturated carbocycles. The minimum Gasteiger partial charge on any atom is -0.504 e. The largest absolute Gasteiger partial charge is 0.504 e. The van der Waals surface area contributed by atoms with Crippen LogP contribution in [0.1, 0.15) is 81.5 Å². The first-order valence-electron chi connectivity index (χ1n) is 10.6. The first-order chi connectivity index (χ1) is 14.3. The number of hydrogen-bond acceptors (Lipinski definition) is 7. The van der Waals surface area contributed by atoms with Crippen molar-refractivity contribution in [3.05, 3.63) is 29.8 Å². The minimum atomic E-state index is -0.657. The summed E-state index contributed by atoms with van der Waals surface area (Å²) in [6.45, 7) is 5.93. The number of benzene rings is 1. The molecule has 0 unspecified atom stereocenters. The number of aromatic hydroxyl groups is 3. The molecule has 0 spiro atoms. The van der Waals surface area contributed by atoms with Gasteiger partial charge in [0.25, 0.3) is 0 Å². The molecule has 0 aliphatic heterocycles. The second-order valence-corrected chi connectivity index (χ2v) is 7.45. The van der Waals surface area contributed by atoms with Crippen molar-refractivity contribution >= 4 is 11.9 Å². The number of esters is 2. The second-order valence-electron chi connectivity index (χ2n) is 7.45. The maximum absolute atomic E-state index is 11.9. The first-order valence-corrected chi connectivity index (χ1v) is 10.6. The lowest BCUT2D eigenvalue weighted by atomic mass is 10.1. The molecule has 30 heavy (non-hydrogen) atoms. The lowest BCUT2D eigenvalue weighted by Gasteiger charge is -2.07. The Morgan fingerprint density at radius 1 is 0.767 bits per heavy atom. The topological polar surface area (TPSA) is 113 Å². The minimum absolute atomic E-state index is 0.00298. The Morgan fingerprint density at radius 3 is 1.60 bits per heavy atom. The van der Waals surface area contributed by atoms with Crippen molar-refractivity contribution < 1.29 is 34.4 Å². The molecular formula is C23H34O7. The lowest BCUT2D eigenvalue weighted by Crippen LogP contribution is -2.06. The van der Waals surface area contributed by atoms with E-state index in [1.807, 2.05) is 0 Å². The highest BCUT2D eigenvalue weighted by molar-refractivity contribution is 5.91. The molecule has 0 heterocycles. The fourth-order valence-electron chi connectivity index (χ4n) is 2.88. The molecule has 0 bridgehead atoms. The van der Waals surface area contributed by atoms with Gasteiger partial charge >= 0.3 is 11.9 Å². The molecule has 7 heteroatoms. The summed E-state index contributed by atoms with van der Waals surface area (Å²) in [7, 11) is 0. The van der Waals surface area contributed by atoms with E-state index in [1.54, 1.807) is 6.92 Å². The summed E-state index contributed by atoms with van der Waals surface area (Å²) >= 11 is 0. The number of phenolic OH excluding ortho intramolecular Hbond substituents is 3. The zero-order chi connectivity index (χ0) is 22.4. The summed E-state index contributed by atoms with van der Waals surface area (Å²) in [5.41, 5.74) is 0.433. The van der Waals surface area contributed by atoms with Crippen LogP contribution in [-0.2, 0) is 14.3 Å². The van der Waals surface area contributed by atoms with Crippen molar-refractivity contribution in [3.63, 3.8) is 0 Å². The van der Waals surface area contributed by atoms with Crippen LogP contribution in [0.25, 0.3) is 0 Å². The van der Waals surface area contributed by atoms with Gasteiger partial charge in [-0.05, 0) is 31.9 Å². The van der Waals surface area contributed by atoms with Gasteiger partial charge in [-0.1, -0.05) is 57.9 Å². The predicted molar refractivity (Wildman–Crippen MR) is 114 cm³/mol. The van der Waals surface area contributed by atoms with E-state index >= 15 is 0 Å². The van der Waals surface area contributed by atoms with Gasteiger partial charge in [0.1, 0.15) is 0 Å². The van der Waals surface area contributed by atoms with Crippen molar-refractivity contribution in [3.8, 4) is 17.2 Å². The van der Waals surface area contributed by atoms with Crippen LogP contribution in [0.4, 0.5) is 0 Å². The third kappa shape index (κ3) is 10.2. The summed E-state index contributed by atoms with van der Waals surface area (Å²) in [5, 5.41) is 28.1. The summed E-state index contributed by atoms with van der Waals surface area (Å²) in [5.74, 6) is -2.74. The molecule has 0 aliphatic carbocycles. The Balaban J connectivity index is 1.94. The molecule has 0 aromatic heterocycles. The summed E-state index contributed by atoms with van der Waals surface area (Å²) in [6.07, 6.45) is 10.6. The molecule has 1 rings (SSSR count). The van der Waals surface area contributed by atoms with Crippen molar-refractivity contribution in [1.82, 2.24) is 0 Å². The maximum atomic E-state index is 11.9. The van der Waals surface area contributed by atoms with Gasteiger partial charge in [0.05, 0.1) is 18.8 Å². The van der Waals surface area contributed by atoms with Gasteiger partial charge in [-0.15, -0.1) is 0 Å². The molecular weight excluding hydrogens is 388 g/mol. The Labute approximate surface area is 178 Å². The molecule has 1 aromatic carbocycles. The van der Waals surface area contributed by atoms with E-state index in [0.717, 1.165) is 57.1 Å². The van der Waals surface area contributed by atoms with Crippen molar-refractivity contribution in [1.29, 1.82) is 0 Å². The Bertz CT molecular complexity index is 674. The fourth-order valence-corrected chi connectivity index (χ4v) is 2.88. The standard InChI is InChI=1S/C23H34O7/c1-17(2)22(27)29-13-11-9-7-5-3-4-6-8-10-12-14-30-23(28)18-15-19(24)21(26)20(25)16-18/h15-16,24-26H,1,3-14H2,2H3. The van der Waals surface area contributed by atoms with Crippen LogP contribution in [0.5, 0.6) is 17.2 Å². The van der Waals surface area contributed by atoms with Crippen molar-refractivity contribution in [2.75, 3.05) is 13.2 Å². The Kier molecular flexibility index (Phi) is 12.1. The number of unbranched alkanes of at least 4 members (excludes halogenated alkanes) is 9. The Hall–Kier alpha value is -2.70. The van der Waals surface area contributed by atoms with Crippen molar-refractivity contribution in [2.24, 2.45) is 0 Å². The van der Waals surface area contributed by atoms with E-state index in [2.05, 4.69) is 6.58 Å². The molecule has 168 valence electrons. The van der Waals surface area contributed by atoms with Crippen LogP contribution in [0.3, 0.4) is 0 Å². The molecule has 7 nitrogen and oxygen atoms in total. The van der Waals surface area contributed by atoms with Gasteiger partial charge in [0.2, 0.25) is 0 Å². The third-order valence-corrected chi connectivity index (χ3v) is 4.66. The van der Waals surface area contributed by atoms with Crippen LogP contribution in [0, 0.1) is 0 Å². The molecule has 0 fully saturated rings. The van der Waals surface area contributed by atoms with Gasteiger partial charge in [0, 0.05) is 5.57 Å². The predicted octanol–water partition coefficient (Wildman–Crippen LogP) is 4.98. The normalized spacial score (nSPS) is 10.6. The van der Waals surface area contributed by atoms with Gasteiger partial charge in [-0.3, -0.25) is 0 Å². The smallest absolute Gasteiger partial charge is 0.338 e. The van der Waals surface area contributed by atoms with Gasteiger partial charge in [-0.2, -0.15) is 0 Å². The molecule has 0 atom stereocenters. The Morgan fingerprint density at radius 2 is 1.17 bits per heavy atom. The first kappa shape index (κ1) is 25.3. The number of rotatable bonds is 15. The van der Waals surface area contributed by atoms with Gasteiger partial charge in [-0.25, -0.2) is 9.59 Å². The number of hydrogen-bond donors (Lipinski definition) is 3. The molecule has 0 aliphatic rings. The number of ether oxygens (including phenoxy) is 2. The van der Waals surface area contributed by atoms with Crippen LogP contribution in [0.2, 0.25) is 0 Å². The average Bonchev–Trinajstić information content (AvgIpc) is 2.71. The number of phenols is 3. The number of carbonyl (C=O) groups excluding carboxylic acids is 2. The average molecular weight is 423 g/mol. The second kappa shape index (κ2) is 14.3. The summed E-state index contributed by atoms with van der Waals surface area (Å²) < 4.78 is 10.2. The molecule has 0 amide bonds. The monoisotopic (exact) mass is 422 g/mol. The molecule has 3 N–H and O–H groups in total. The molecule has 0 radical (unpaired) electrons. The van der Waals surface area contributed by atoms with Crippen LogP contribution < -0.4 is 0 Å². The molecule has 0 saturated heterocycles. The van der Waals surface area contributed by atoms with Crippen LogP contribution >= 0.6 is 0 Å². The van der Waals surface area contributed by atoms with E-state index in [9.17, 15) is 24.9 Å². The maximum Gasteiger partial charge on any atom is 0.338 e. The zero-order valence-corrected chi connectivity index (χ0v) is 17.8. The highest BCUT2D eigenvalue weighted by Crippen LogP contribution is 2.35. The van der Waals surface area contributed by atoms with Gasteiger partial charge in [0.15, 0.2) is 17.2 Å². The van der Waals surface area contributed by atoms with E-state index in [4.69, 9.17) is 9.47 Å². The highest BCUT2D eigenvalue weighted by atomic mass is 16.5. The number of carbonyl (C=O) groups is 2. The van der Waals surface area contributed by atoms with Gasteiger partial charge < -0.3 is 24.8 Å². The van der Waals surface area contributed by atoms with Crippen LogP contribution in [0.15, 0.2) is 24.3 Å². The van der Waals surface area contributed by atoms with Crippen molar-refractivity contribution in [2.45, 2.75) is 71.1 Å². The third-order valence-electron chi connectivity index (χ3n) is 4.66. The highest BCUT2D eigenvalue weighted by Gasteiger charge is 2.14. The summed E-state index contributed by atoms with van der Waals surface area (Å²) in [4.78, 5) is 23.1. The lowest BCUT2D eigenvalue weighted by molar-refractivity contribution is -0.139.